The zero-order valence-electron chi connectivity index (χ0n) is 11.8. The van der Waals surface area contributed by atoms with Gasteiger partial charge in [-0.2, -0.15) is 0 Å². The van der Waals surface area contributed by atoms with E-state index >= 15 is 0 Å². The Labute approximate surface area is 128 Å². The molecule has 0 bridgehead atoms. The lowest BCUT2D eigenvalue weighted by molar-refractivity contribution is 0.283. The molecule has 1 atom stereocenters. The van der Waals surface area contributed by atoms with E-state index in [4.69, 9.17) is 16.3 Å². The minimum atomic E-state index is -0.403. The van der Waals surface area contributed by atoms with Gasteiger partial charge < -0.3 is 10.1 Å². The summed E-state index contributed by atoms with van der Waals surface area (Å²) in [4.78, 5) is 0. The van der Waals surface area contributed by atoms with Crippen LogP contribution in [0, 0.1) is 5.82 Å². The van der Waals surface area contributed by atoms with Crippen molar-refractivity contribution in [3.8, 4) is 5.75 Å². The first kappa shape index (κ1) is 14.4. The molecule has 0 saturated carbocycles. The maximum atomic E-state index is 13.7. The van der Waals surface area contributed by atoms with Crippen molar-refractivity contribution in [1.29, 1.82) is 0 Å². The highest BCUT2D eigenvalue weighted by Crippen LogP contribution is 2.38. The van der Waals surface area contributed by atoms with Gasteiger partial charge in [0.15, 0.2) is 0 Å². The summed E-state index contributed by atoms with van der Waals surface area (Å²) < 4.78 is 19.6. The van der Waals surface area contributed by atoms with Crippen molar-refractivity contribution in [2.24, 2.45) is 0 Å². The van der Waals surface area contributed by atoms with E-state index in [9.17, 15) is 4.39 Å². The van der Waals surface area contributed by atoms with E-state index in [0.29, 0.717) is 0 Å². The highest BCUT2D eigenvalue weighted by molar-refractivity contribution is 6.31. The molecular weight excluding hydrogens is 289 g/mol. The number of halogens is 2. The van der Waals surface area contributed by atoms with Crippen molar-refractivity contribution in [2.45, 2.75) is 18.9 Å². The van der Waals surface area contributed by atoms with Crippen LogP contribution < -0.4 is 10.1 Å². The van der Waals surface area contributed by atoms with E-state index in [-0.39, 0.29) is 11.1 Å². The standard InChI is InChI=1S/C17H17ClFNO/c1-20-16(12-7-3-9-14(19)15(12)18)13-8-2-5-11-6-4-10-21-17(11)13/h2-3,5,7-9,16,20H,4,6,10H2,1H3. The van der Waals surface area contributed by atoms with E-state index in [1.807, 2.05) is 25.2 Å². The molecule has 4 heteroatoms. The predicted octanol–water partition coefficient (Wildman–Crippen LogP) is 4.11. The molecule has 1 aliphatic heterocycles. The second-order valence-electron chi connectivity index (χ2n) is 5.15. The second kappa shape index (κ2) is 6.04. The Kier molecular flexibility index (Phi) is 4.13. The summed E-state index contributed by atoms with van der Waals surface area (Å²) in [5.74, 6) is 0.503. The summed E-state index contributed by atoms with van der Waals surface area (Å²) in [5, 5.41) is 3.38. The molecule has 1 N–H and O–H groups in total. The first-order chi connectivity index (χ1) is 10.2. The van der Waals surface area contributed by atoms with Crippen LogP contribution in [0.2, 0.25) is 5.02 Å². The Morgan fingerprint density at radius 1 is 1.19 bits per heavy atom. The summed E-state index contributed by atoms with van der Waals surface area (Å²) in [5.41, 5.74) is 2.93. The Morgan fingerprint density at radius 3 is 2.76 bits per heavy atom. The number of hydrogen-bond donors (Lipinski definition) is 1. The molecule has 1 aliphatic rings. The number of benzene rings is 2. The van der Waals surface area contributed by atoms with Crippen molar-refractivity contribution in [3.05, 3.63) is 63.9 Å². The van der Waals surface area contributed by atoms with Gasteiger partial charge in [-0.1, -0.05) is 41.9 Å². The number of fused-ring (bicyclic) bond motifs is 1. The third-order valence-electron chi connectivity index (χ3n) is 3.86. The molecule has 2 aromatic carbocycles. The molecule has 21 heavy (non-hydrogen) atoms. The van der Waals surface area contributed by atoms with Crippen molar-refractivity contribution < 1.29 is 9.13 Å². The number of para-hydroxylation sites is 1. The lowest BCUT2D eigenvalue weighted by Gasteiger charge is -2.26. The van der Waals surface area contributed by atoms with Crippen molar-refractivity contribution in [1.82, 2.24) is 5.32 Å². The minimum absolute atomic E-state index is 0.158. The van der Waals surface area contributed by atoms with Crippen LogP contribution in [0.15, 0.2) is 36.4 Å². The summed E-state index contributed by atoms with van der Waals surface area (Å²) >= 11 is 6.14. The fourth-order valence-electron chi connectivity index (χ4n) is 2.86. The van der Waals surface area contributed by atoms with Gasteiger partial charge >= 0.3 is 0 Å². The second-order valence-corrected chi connectivity index (χ2v) is 5.53. The SMILES string of the molecule is CNC(c1cccc(F)c1Cl)c1cccc2c1OCCC2. The zero-order chi connectivity index (χ0) is 14.8. The first-order valence-electron chi connectivity index (χ1n) is 7.08. The molecule has 3 rings (SSSR count). The van der Waals surface area contributed by atoms with Crippen molar-refractivity contribution in [3.63, 3.8) is 0 Å². The highest BCUT2D eigenvalue weighted by Gasteiger charge is 2.23. The highest BCUT2D eigenvalue weighted by atomic mass is 35.5. The van der Waals surface area contributed by atoms with Gasteiger partial charge in [0, 0.05) is 5.56 Å². The van der Waals surface area contributed by atoms with Crippen LogP contribution in [0.3, 0.4) is 0 Å². The van der Waals surface area contributed by atoms with Gasteiger partial charge in [-0.05, 0) is 37.1 Å². The summed E-state index contributed by atoms with van der Waals surface area (Å²) in [7, 11) is 1.84. The van der Waals surface area contributed by atoms with Crippen LogP contribution in [-0.4, -0.2) is 13.7 Å². The Balaban J connectivity index is 2.11. The Bertz CT molecular complexity index is 659. The van der Waals surface area contributed by atoms with E-state index in [0.717, 1.165) is 36.3 Å². The van der Waals surface area contributed by atoms with Gasteiger partial charge in [0.05, 0.1) is 17.7 Å². The molecule has 1 heterocycles. The maximum absolute atomic E-state index is 13.7. The van der Waals surface area contributed by atoms with E-state index in [2.05, 4.69) is 11.4 Å². The zero-order valence-corrected chi connectivity index (χ0v) is 12.6. The third kappa shape index (κ3) is 2.63. The van der Waals surface area contributed by atoms with Gasteiger partial charge in [-0.25, -0.2) is 4.39 Å². The van der Waals surface area contributed by atoms with Crippen LogP contribution >= 0.6 is 11.6 Å². The molecule has 0 radical (unpaired) electrons. The van der Waals surface area contributed by atoms with Crippen LogP contribution in [-0.2, 0) is 6.42 Å². The van der Waals surface area contributed by atoms with E-state index in [1.54, 1.807) is 6.07 Å². The number of rotatable bonds is 3. The lowest BCUT2D eigenvalue weighted by atomic mass is 9.93. The van der Waals surface area contributed by atoms with Gasteiger partial charge in [0.25, 0.3) is 0 Å². The van der Waals surface area contributed by atoms with Gasteiger partial charge in [0.2, 0.25) is 0 Å². The molecule has 0 aromatic heterocycles. The minimum Gasteiger partial charge on any atom is -0.493 e. The molecule has 110 valence electrons. The largest absolute Gasteiger partial charge is 0.493 e. The Morgan fingerprint density at radius 2 is 1.95 bits per heavy atom. The summed E-state index contributed by atoms with van der Waals surface area (Å²) in [6.07, 6.45) is 2.04. The number of hydrogen-bond acceptors (Lipinski definition) is 2. The van der Waals surface area contributed by atoms with Crippen molar-refractivity contribution >= 4 is 11.6 Å². The maximum Gasteiger partial charge on any atom is 0.142 e. The summed E-state index contributed by atoms with van der Waals surface area (Å²) in [6.45, 7) is 0.720. The summed E-state index contributed by atoms with van der Waals surface area (Å²) in [6, 6.07) is 10.8. The number of aryl methyl sites for hydroxylation is 1. The first-order valence-corrected chi connectivity index (χ1v) is 7.46. The molecule has 0 fully saturated rings. The van der Waals surface area contributed by atoms with Crippen LogP contribution in [0.4, 0.5) is 4.39 Å². The number of nitrogens with one attached hydrogen (secondary N) is 1. The van der Waals surface area contributed by atoms with Crippen LogP contribution in [0.1, 0.15) is 29.2 Å². The smallest absolute Gasteiger partial charge is 0.142 e. The molecule has 2 nitrogen and oxygen atoms in total. The fraction of sp³-hybridized carbons (Fsp3) is 0.294. The van der Waals surface area contributed by atoms with Gasteiger partial charge in [0.1, 0.15) is 11.6 Å². The molecule has 1 unspecified atom stereocenters. The van der Waals surface area contributed by atoms with E-state index < -0.39 is 5.82 Å². The molecule has 0 amide bonds. The average Bonchev–Trinajstić information content (AvgIpc) is 2.52. The normalized spacial score (nSPS) is 15.2. The monoisotopic (exact) mass is 305 g/mol. The van der Waals surface area contributed by atoms with Gasteiger partial charge in [-0.3, -0.25) is 0 Å². The predicted molar refractivity (Wildman–Crippen MR) is 82.6 cm³/mol. The van der Waals surface area contributed by atoms with E-state index in [1.165, 1.54) is 11.6 Å². The Hall–Kier alpha value is -1.58. The van der Waals surface area contributed by atoms with Crippen LogP contribution in [0.5, 0.6) is 5.75 Å². The topological polar surface area (TPSA) is 21.3 Å². The van der Waals surface area contributed by atoms with Crippen molar-refractivity contribution in [2.75, 3.05) is 13.7 Å². The molecule has 0 saturated heterocycles. The molecule has 0 aliphatic carbocycles. The molecule has 2 aromatic rings. The lowest BCUT2D eigenvalue weighted by Crippen LogP contribution is -2.21. The molecule has 0 spiro atoms. The average molecular weight is 306 g/mol. The molecular formula is C17H17ClFNO. The third-order valence-corrected chi connectivity index (χ3v) is 4.25. The van der Waals surface area contributed by atoms with Crippen LogP contribution in [0.25, 0.3) is 0 Å². The number of ether oxygens (including phenoxy) is 1. The fourth-order valence-corrected chi connectivity index (χ4v) is 3.10. The van der Waals surface area contributed by atoms with Gasteiger partial charge in [-0.15, -0.1) is 0 Å². The quantitative estimate of drug-likeness (QED) is 0.921.